The summed E-state index contributed by atoms with van der Waals surface area (Å²) in [5.41, 5.74) is 5.40. The first-order valence-corrected chi connectivity index (χ1v) is 6.46. The predicted molar refractivity (Wildman–Crippen MR) is 61.6 cm³/mol. The number of likely N-dealkylation sites (tertiary alicyclic amines) is 1. The molecule has 2 fully saturated rings. The van der Waals surface area contributed by atoms with Crippen LogP contribution in [0.25, 0.3) is 0 Å². The van der Waals surface area contributed by atoms with Crippen molar-refractivity contribution in [2.45, 2.75) is 57.1 Å². The van der Waals surface area contributed by atoms with Crippen LogP contribution in [-0.4, -0.2) is 36.9 Å². The minimum absolute atomic E-state index is 0.388. The zero-order chi connectivity index (χ0) is 10.5. The second kappa shape index (κ2) is 5.83. The molecular weight excluding hydrogens is 188 g/mol. The minimum atomic E-state index is 0.388. The van der Waals surface area contributed by atoms with Crippen LogP contribution in [0.2, 0.25) is 0 Å². The first kappa shape index (κ1) is 11.4. The van der Waals surface area contributed by atoms with Gasteiger partial charge in [0.25, 0.3) is 0 Å². The smallest absolute Gasteiger partial charge is 0.0944 e. The van der Waals surface area contributed by atoms with E-state index in [4.69, 9.17) is 10.5 Å². The van der Waals surface area contributed by atoms with Crippen LogP contribution in [-0.2, 0) is 4.74 Å². The number of piperidine rings is 1. The Morgan fingerprint density at radius 1 is 1.00 bits per heavy atom. The third-order valence-corrected chi connectivity index (χ3v) is 3.88. The molecule has 3 heteroatoms. The maximum absolute atomic E-state index is 5.48. The molecule has 1 aliphatic carbocycles. The van der Waals surface area contributed by atoms with Crippen LogP contribution in [0.1, 0.15) is 44.9 Å². The van der Waals surface area contributed by atoms with Gasteiger partial charge in [-0.1, -0.05) is 6.42 Å². The van der Waals surface area contributed by atoms with Crippen molar-refractivity contribution >= 4 is 0 Å². The SMILES string of the molecule is NCOC1CCC(N2CCCCC2)CC1. The summed E-state index contributed by atoms with van der Waals surface area (Å²) in [5.74, 6) is 0. The molecule has 1 heterocycles. The molecule has 2 aliphatic rings. The van der Waals surface area contributed by atoms with Crippen LogP contribution < -0.4 is 5.73 Å². The molecule has 0 radical (unpaired) electrons. The highest BCUT2D eigenvalue weighted by molar-refractivity contribution is 4.81. The third-order valence-electron chi connectivity index (χ3n) is 3.88. The molecular formula is C12H24N2O. The number of ether oxygens (including phenoxy) is 1. The lowest BCUT2D eigenvalue weighted by molar-refractivity contribution is 0.00733. The standard InChI is InChI=1S/C12H24N2O/c13-10-15-12-6-4-11(5-7-12)14-8-2-1-3-9-14/h11-12H,1-10,13H2. The van der Waals surface area contributed by atoms with E-state index < -0.39 is 0 Å². The van der Waals surface area contributed by atoms with Gasteiger partial charge in [0.15, 0.2) is 0 Å². The molecule has 0 aromatic carbocycles. The van der Waals surface area contributed by atoms with E-state index in [1.165, 1.54) is 58.0 Å². The maximum atomic E-state index is 5.48. The topological polar surface area (TPSA) is 38.5 Å². The van der Waals surface area contributed by atoms with Gasteiger partial charge in [-0.05, 0) is 51.6 Å². The van der Waals surface area contributed by atoms with E-state index in [2.05, 4.69) is 4.90 Å². The Labute approximate surface area is 93.0 Å². The molecule has 15 heavy (non-hydrogen) atoms. The highest BCUT2D eigenvalue weighted by atomic mass is 16.5. The second-order valence-corrected chi connectivity index (χ2v) is 4.86. The normalized spacial score (nSPS) is 34.2. The largest absolute Gasteiger partial charge is 0.363 e. The van der Waals surface area contributed by atoms with Gasteiger partial charge >= 0.3 is 0 Å². The highest BCUT2D eigenvalue weighted by Crippen LogP contribution is 2.26. The van der Waals surface area contributed by atoms with Crippen molar-refractivity contribution in [3.63, 3.8) is 0 Å². The van der Waals surface area contributed by atoms with Crippen molar-refractivity contribution in [3.8, 4) is 0 Å². The Kier molecular flexibility index (Phi) is 4.42. The van der Waals surface area contributed by atoms with Crippen LogP contribution in [0.3, 0.4) is 0 Å². The molecule has 1 saturated heterocycles. The molecule has 88 valence electrons. The summed E-state index contributed by atoms with van der Waals surface area (Å²) in [4.78, 5) is 2.70. The minimum Gasteiger partial charge on any atom is -0.363 e. The van der Waals surface area contributed by atoms with Gasteiger partial charge in [-0.15, -0.1) is 0 Å². The summed E-state index contributed by atoms with van der Waals surface area (Å²) < 4.78 is 5.48. The summed E-state index contributed by atoms with van der Waals surface area (Å²) in [6.45, 7) is 3.04. The molecule has 2 rings (SSSR count). The van der Waals surface area contributed by atoms with E-state index in [0.717, 1.165) is 6.04 Å². The fourth-order valence-corrected chi connectivity index (χ4v) is 3.00. The Balaban J connectivity index is 1.72. The Bertz CT molecular complexity index is 172. The zero-order valence-electron chi connectivity index (χ0n) is 9.66. The van der Waals surface area contributed by atoms with Gasteiger partial charge in [0.2, 0.25) is 0 Å². The molecule has 0 atom stereocenters. The number of hydrogen-bond donors (Lipinski definition) is 1. The van der Waals surface area contributed by atoms with Crippen molar-refractivity contribution in [3.05, 3.63) is 0 Å². The van der Waals surface area contributed by atoms with Gasteiger partial charge < -0.3 is 15.4 Å². The summed E-state index contributed by atoms with van der Waals surface area (Å²) in [7, 11) is 0. The average molecular weight is 212 g/mol. The number of rotatable bonds is 3. The van der Waals surface area contributed by atoms with E-state index in [0.29, 0.717) is 12.8 Å². The van der Waals surface area contributed by atoms with Crippen LogP contribution in [0.15, 0.2) is 0 Å². The molecule has 3 nitrogen and oxygen atoms in total. The van der Waals surface area contributed by atoms with Crippen LogP contribution in [0.5, 0.6) is 0 Å². The van der Waals surface area contributed by atoms with Crippen LogP contribution in [0, 0.1) is 0 Å². The fourth-order valence-electron chi connectivity index (χ4n) is 3.00. The lowest BCUT2D eigenvalue weighted by atomic mass is 9.91. The van der Waals surface area contributed by atoms with Gasteiger partial charge in [-0.25, -0.2) is 0 Å². The Morgan fingerprint density at radius 3 is 2.27 bits per heavy atom. The number of hydrogen-bond acceptors (Lipinski definition) is 3. The third kappa shape index (κ3) is 3.16. The zero-order valence-corrected chi connectivity index (χ0v) is 9.66. The molecule has 0 aromatic rings. The van der Waals surface area contributed by atoms with Gasteiger partial charge in [0.05, 0.1) is 12.8 Å². The van der Waals surface area contributed by atoms with Crippen molar-refractivity contribution in [1.82, 2.24) is 4.90 Å². The molecule has 0 unspecified atom stereocenters. The first-order chi connectivity index (χ1) is 7.40. The summed E-state index contributed by atoms with van der Waals surface area (Å²) >= 11 is 0. The van der Waals surface area contributed by atoms with Crippen LogP contribution in [0.4, 0.5) is 0 Å². The van der Waals surface area contributed by atoms with E-state index in [1.54, 1.807) is 0 Å². The van der Waals surface area contributed by atoms with E-state index in [9.17, 15) is 0 Å². The number of nitrogens with zero attached hydrogens (tertiary/aromatic N) is 1. The van der Waals surface area contributed by atoms with Gasteiger partial charge in [0.1, 0.15) is 0 Å². The predicted octanol–water partition coefficient (Wildman–Crippen LogP) is 1.72. The molecule has 0 amide bonds. The van der Waals surface area contributed by atoms with Crippen molar-refractivity contribution < 1.29 is 4.74 Å². The van der Waals surface area contributed by atoms with Gasteiger partial charge in [-0.3, -0.25) is 0 Å². The molecule has 0 aromatic heterocycles. The Hall–Kier alpha value is -0.120. The Morgan fingerprint density at radius 2 is 1.67 bits per heavy atom. The van der Waals surface area contributed by atoms with Gasteiger partial charge in [-0.2, -0.15) is 0 Å². The van der Waals surface area contributed by atoms with E-state index in [-0.39, 0.29) is 0 Å². The van der Waals surface area contributed by atoms with Crippen molar-refractivity contribution in [2.75, 3.05) is 19.8 Å². The van der Waals surface area contributed by atoms with Crippen molar-refractivity contribution in [1.29, 1.82) is 0 Å². The highest BCUT2D eigenvalue weighted by Gasteiger charge is 2.26. The second-order valence-electron chi connectivity index (χ2n) is 4.86. The van der Waals surface area contributed by atoms with E-state index >= 15 is 0 Å². The lowest BCUT2D eigenvalue weighted by Gasteiger charge is -2.38. The van der Waals surface area contributed by atoms with Crippen LogP contribution >= 0.6 is 0 Å². The summed E-state index contributed by atoms with van der Waals surface area (Å²) in [6, 6.07) is 0.836. The van der Waals surface area contributed by atoms with Crippen molar-refractivity contribution in [2.24, 2.45) is 5.73 Å². The first-order valence-electron chi connectivity index (χ1n) is 6.46. The van der Waals surface area contributed by atoms with Gasteiger partial charge in [0, 0.05) is 6.04 Å². The molecule has 0 spiro atoms. The molecule has 0 bridgehead atoms. The summed E-state index contributed by atoms with van der Waals surface area (Å²) in [6.07, 6.45) is 9.71. The maximum Gasteiger partial charge on any atom is 0.0944 e. The quantitative estimate of drug-likeness (QED) is 0.724. The lowest BCUT2D eigenvalue weighted by Crippen LogP contribution is -2.42. The average Bonchev–Trinajstić information content (AvgIpc) is 2.32. The molecule has 1 aliphatic heterocycles. The molecule has 1 saturated carbocycles. The molecule has 2 N–H and O–H groups in total. The summed E-state index contributed by atoms with van der Waals surface area (Å²) in [5, 5.41) is 0. The van der Waals surface area contributed by atoms with E-state index in [1.807, 2.05) is 0 Å². The monoisotopic (exact) mass is 212 g/mol. The fraction of sp³-hybridized carbons (Fsp3) is 1.00. The number of nitrogens with two attached hydrogens (primary N) is 1.